The van der Waals surface area contributed by atoms with Gasteiger partial charge >= 0.3 is 0 Å². The van der Waals surface area contributed by atoms with E-state index in [1.807, 2.05) is 0 Å². The lowest BCUT2D eigenvalue weighted by molar-refractivity contribution is 0.102. The van der Waals surface area contributed by atoms with Crippen molar-refractivity contribution in [1.29, 1.82) is 0 Å². The van der Waals surface area contributed by atoms with E-state index in [2.05, 4.69) is 10.3 Å². The van der Waals surface area contributed by atoms with Gasteiger partial charge in [-0.1, -0.05) is 12.1 Å². The van der Waals surface area contributed by atoms with Gasteiger partial charge in [0.2, 0.25) is 0 Å². The number of nitrogens with two attached hydrogens (primary N) is 1. The maximum Gasteiger partial charge on any atom is 0.256 e. The Labute approximate surface area is 104 Å². The normalized spacial score (nSPS) is 10.1. The molecule has 0 aliphatic carbocycles. The SMILES string of the molecule is NCc1ccc(C(=O)Nc2ncccc2O)cc1. The van der Waals surface area contributed by atoms with E-state index in [-0.39, 0.29) is 17.5 Å². The summed E-state index contributed by atoms with van der Waals surface area (Å²) in [6, 6.07) is 9.97. The van der Waals surface area contributed by atoms with E-state index in [1.54, 1.807) is 30.3 Å². The highest BCUT2D eigenvalue weighted by atomic mass is 16.3. The van der Waals surface area contributed by atoms with Gasteiger partial charge in [0.1, 0.15) is 0 Å². The van der Waals surface area contributed by atoms with Gasteiger partial charge in [-0.05, 0) is 29.8 Å². The van der Waals surface area contributed by atoms with Gasteiger partial charge in [-0.15, -0.1) is 0 Å². The summed E-state index contributed by atoms with van der Waals surface area (Å²) in [5.74, 6) is -0.248. The quantitative estimate of drug-likeness (QED) is 0.762. The van der Waals surface area contributed by atoms with E-state index in [0.29, 0.717) is 12.1 Å². The van der Waals surface area contributed by atoms with Crippen molar-refractivity contribution in [3.8, 4) is 5.75 Å². The standard InChI is InChI=1S/C13H13N3O2/c14-8-9-3-5-10(6-4-9)13(18)16-12-11(17)2-1-7-15-12/h1-7,17H,8,14H2,(H,15,16,18). The summed E-state index contributed by atoms with van der Waals surface area (Å²) in [6.45, 7) is 0.433. The van der Waals surface area contributed by atoms with Crippen LogP contribution in [-0.4, -0.2) is 16.0 Å². The molecule has 0 fully saturated rings. The van der Waals surface area contributed by atoms with Gasteiger partial charge in [-0.3, -0.25) is 4.79 Å². The Morgan fingerprint density at radius 2 is 2.00 bits per heavy atom. The Hall–Kier alpha value is -2.40. The lowest BCUT2D eigenvalue weighted by Crippen LogP contribution is -2.13. The average molecular weight is 243 g/mol. The predicted octanol–water partition coefficient (Wildman–Crippen LogP) is 1.50. The number of nitrogens with one attached hydrogen (secondary N) is 1. The summed E-state index contributed by atoms with van der Waals surface area (Å²) in [4.78, 5) is 15.7. The second-order valence-corrected chi connectivity index (χ2v) is 3.73. The van der Waals surface area contributed by atoms with Crippen molar-refractivity contribution in [3.63, 3.8) is 0 Å². The second-order valence-electron chi connectivity index (χ2n) is 3.73. The number of hydrogen-bond donors (Lipinski definition) is 3. The van der Waals surface area contributed by atoms with Gasteiger partial charge in [-0.2, -0.15) is 0 Å². The van der Waals surface area contributed by atoms with Crippen molar-refractivity contribution in [2.45, 2.75) is 6.54 Å². The van der Waals surface area contributed by atoms with Crippen LogP contribution in [0, 0.1) is 0 Å². The highest BCUT2D eigenvalue weighted by Gasteiger charge is 2.09. The molecule has 0 saturated heterocycles. The highest BCUT2D eigenvalue weighted by Crippen LogP contribution is 2.19. The fourth-order valence-corrected chi connectivity index (χ4v) is 1.47. The van der Waals surface area contributed by atoms with Crippen molar-refractivity contribution < 1.29 is 9.90 Å². The topological polar surface area (TPSA) is 88.2 Å². The number of aromatic nitrogens is 1. The van der Waals surface area contributed by atoms with Gasteiger partial charge in [0.05, 0.1) is 0 Å². The van der Waals surface area contributed by atoms with Crippen molar-refractivity contribution in [2.75, 3.05) is 5.32 Å². The Morgan fingerprint density at radius 1 is 1.28 bits per heavy atom. The third-order valence-corrected chi connectivity index (χ3v) is 2.47. The molecule has 0 spiro atoms. The summed E-state index contributed by atoms with van der Waals surface area (Å²) in [5, 5.41) is 12.0. The van der Waals surface area contributed by atoms with Crippen LogP contribution in [0.5, 0.6) is 5.75 Å². The minimum absolute atomic E-state index is 0.0653. The fraction of sp³-hybridized carbons (Fsp3) is 0.0769. The molecule has 1 aromatic heterocycles. The van der Waals surface area contributed by atoms with Crippen molar-refractivity contribution >= 4 is 11.7 Å². The predicted molar refractivity (Wildman–Crippen MR) is 68.2 cm³/mol. The summed E-state index contributed by atoms with van der Waals surface area (Å²) in [7, 11) is 0. The van der Waals surface area contributed by atoms with Gasteiger partial charge in [0.25, 0.3) is 5.91 Å². The zero-order valence-electron chi connectivity index (χ0n) is 9.63. The number of pyridine rings is 1. The molecule has 5 heteroatoms. The molecule has 0 bridgehead atoms. The first-order valence-corrected chi connectivity index (χ1v) is 5.45. The van der Waals surface area contributed by atoms with Crippen molar-refractivity contribution in [2.24, 2.45) is 5.73 Å². The van der Waals surface area contributed by atoms with Gasteiger partial charge in [-0.25, -0.2) is 4.98 Å². The van der Waals surface area contributed by atoms with Crippen LogP contribution in [0.2, 0.25) is 0 Å². The zero-order valence-corrected chi connectivity index (χ0v) is 9.63. The molecule has 0 aliphatic heterocycles. The Kier molecular flexibility index (Phi) is 3.54. The third kappa shape index (κ3) is 2.64. The smallest absolute Gasteiger partial charge is 0.256 e. The number of hydrogen-bond acceptors (Lipinski definition) is 4. The van der Waals surface area contributed by atoms with Crippen LogP contribution in [-0.2, 0) is 6.54 Å². The molecule has 2 rings (SSSR count). The molecule has 1 heterocycles. The van der Waals surface area contributed by atoms with Crippen LogP contribution in [0.25, 0.3) is 0 Å². The number of rotatable bonds is 3. The Balaban J connectivity index is 2.14. The number of nitrogens with zero attached hydrogens (tertiary/aromatic N) is 1. The summed E-state index contributed by atoms with van der Waals surface area (Å²) in [5.41, 5.74) is 6.91. The molecule has 92 valence electrons. The Bertz CT molecular complexity index is 552. The van der Waals surface area contributed by atoms with E-state index < -0.39 is 0 Å². The van der Waals surface area contributed by atoms with Crippen LogP contribution in [0.1, 0.15) is 15.9 Å². The first-order valence-electron chi connectivity index (χ1n) is 5.45. The van der Waals surface area contributed by atoms with E-state index in [9.17, 15) is 9.90 Å². The zero-order chi connectivity index (χ0) is 13.0. The molecule has 5 nitrogen and oxygen atoms in total. The Morgan fingerprint density at radius 3 is 2.61 bits per heavy atom. The van der Waals surface area contributed by atoms with E-state index in [0.717, 1.165) is 5.56 Å². The lowest BCUT2D eigenvalue weighted by atomic mass is 10.1. The first kappa shape index (κ1) is 12.1. The van der Waals surface area contributed by atoms with E-state index in [4.69, 9.17) is 5.73 Å². The largest absolute Gasteiger partial charge is 0.504 e. The molecule has 1 aromatic carbocycles. The number of amides is 1. The molecule has 0 unspecified atom stereocenters. The average Bonchev–Trinajstić information content (AvgIpc) is 2.41. The number of aromatic hydroxyl groups is 1. The second kappa shape index (κ2) is 5.29. The summed E-state index contributed by atoms with van der Waals surface area (Å²) in [6.07, 6.45) is 1.49. The number of anilines is 1. The first-order chi connectivity index (χ1) is 8.70. The maximum absolute atomic E-state index is 11.9. The van der Waals surface area contributed by atoms with E-state index >= 15 is 0 Å². The monoisotopic (exact) mass is 243 g/mol. The lowest BCUT2D eigenvalue weighted by Gasteiger charge is -2.06. The molecule has 18 heavy (non-hydrogen) atoms. The number of benzene rings is 1. The van der Waals surface area contributed by atoms with Crippen LogP contribution in [0.15, 0.2) is 42.6 Å². The minimum Gasteiger partial charge on any atom is -0.504 e. The van der Waals surface area contributed by atoms with Crippen LogP contribution < -0.4 is 11.1 Å². The molecule has 0 radical (unpaired) electrons. The van der Waals surface area contributed by atoms with Crippen molar-refractivity contribution in [3.05, 3.63) is 53.7 Å². The third-order valence-electron chi connectivity index (χ3n) is 2.47. The van der Waals surface area contributed by atoms with Crippen LogP contribution in [0.3, 0.4) is 0 Å². The van der Waals surface area contributed by atoms with Gasteiger partial charge < -0.3 is 16.2 Å². The summed E-state index contributed by atoms with van der Waals surface area (Å²) < 4.78 is 0. The van der Waals surface area contributed by atoms with E-state index in [1.165, 1.54) is 12.3 Å². The molecule has 4 N–H and O–H groups in total. The minimum atomic E-state index is -0.326. The molecule has 0 saturated carbocycles. The van der Waals surface area contributed by atoms with Gasteiger partial charge in [0, 0.05) is 18.3 Å². The summed E-state index contributed by atoms with van der Waals surface area (Å²) >= 11 is 0. The molecular formula is C13H13N3O2. The van der Waals surface area contributed by atoms with Crippen LogP contribution >= 0.6 is 0 Å². The van der Waals surface area contributed by atoms with Crippen LogP contribution in [0.4, 0.5) is 5.82 Å². The fourth-order valence-electron chi connectivity index (χ4n) is 1.47. The number of carbonyl (C=O) groups is 1. The number of carbonyl (C=O) groups excluding carboxylic acids is 1. The van der Waals surface area contributed by atoms with Gasteiger partial charge in [0.15, 0.2) is 11.6 Å². The molecule has 0 aliphatic rings. The molecule has 0 atom stereocenters. The highest BCUT2D eigenvalue weighted by molar-refractivity contribution is 6.04. The van der Waals surface area contributed by atoms with Crippen molar-refractivity contribution in [1.82, 2.24) is 4.98 Å². The molecule has 2 aromatic rings. The maximum atomic E-state index is 11.9. The molecule has 1 amide bonds. The molecular weight excluding hydrogens is 230 g/mol.